The highest BCUT2D eigenvalue weighted by molar-refractivity contribution is 7.98. The second-order valence-electron chi connectivity index (χ2n) is 3.70. The Morgan fingerprint density at radius 2 is 2.29 bits per heavy atom. The van der Waals surface area contributed by atoms with E-state index in [0.29, 0.717) is 5.92 Å². The van der Waals surface area contributed by atoms with Crippen LogP contribution in [-0.2, 0) is 9.53 Å². The van der Waals surface area contributed by atoms with Gasteiger partial charge in [-0.3, -0.25) is 4.79 Å². The largest absolute Gasteiger partial charge is 0.468 e. The van der Waals surface area contributed by atoms with Crippen LogP contribution in [0.15, 0.2) is 0 Å². The number of thioether (sulfide) groups is 1. The van der Waals surface area contributed by atoms with Crippen LogP contribution in [0.2, 0.25) is 0 Å². The molecule has 1 N–H and O–H groups in total. The number of likely N-dealkylation sites (N-methyl/N-ethyl adjacent to an activating group) is 1. The highest BCUT2D eigenvalue weighted by Gasteiger charge is 2.50. The van der Waals surface area contributed by atoms with Crippen LogP contribution in [0.5, 0.6) is 0 Å². The quantitative estimate of drug-likeness (QED) is 0.680. The van der Waals surface area contributed by atoms with Gasteiger partial charge in [0.2, 0.25) is 0 Å². The van der Waals surface area contributed by atoms with Crippen LogP contribution >= 0.6 is 11.8 Å². The van der Waals surface area contributed by atoms with Gasteiger partial charge in [0, 0.05) is 5.75 Å². The zero-order valence-corrected chi connectivity index (χ0v) is 9.95. The molecule has 82 valence electrons. The highest BCUT2D eigenvalue weighted by atomic mass is 32.2. The maximum Gasteiger partial charge on any atom is 0.327 e. The summed E-state index contributed by atoms with van der Waals surface area (Å²) < 4.78 is 4.91. The van der Waals surface area contributed by atoms with Crippen molar-refractivity contribution in [1.29, 1.82) is 0 Å². The van der Waals surface area contributed by atoms with Crippen molar-refractivity contribution in [3.05, 3.63) is 0 Å². The maximum atomic E-state index is 11.8. The molecule has 0 radical (unpaired) electrons. The summed E-state index contributed by atoms with van der Waals surface area (Å²) in [6.07, 6.45) is 4.31. The minimum atomic E-state index is -0.428. The topological polar surface area (TPSA) is 38.3 Å². The lowest BCUT2D eigenvalue weighted by Crippen LogP contribution is -2.56. The molecule has 1 rings (SSSR count). The van der Waals surface area contributed by atoms with Gasteiger partial charge in [-0.25, -0.2) is 0 Å². The molecular formula is C10H19NO2S. The van der Waals surface area contributed by atoms with Crippen LogP contribution in [0.1, 0.15) is 19.8 Å². The first kappa shape index (κ1) is 11.9. The van der Waals surface area contributed by atoms with Crippen LogP contribution in [0.25, 0.3) is 0 Å². The number of carbonyl (C=O) groups is 1. The van der Waals surface area contributed by atoms with Gasteiger partial charge < -0.3 is 10.1 Å². The molecule has 14 heavy (non-hydrogen) atoms. The van der Waals surface area contributed by atoms with Crippen molar-refractivity contribution in [2.45, 2.75) is 25.3 Å². The fraction of sp³-hybridized carbons (Fsp3) is 0.900. The molecule has 1 aliphatic rings. The van der Waals surface area contributed by atoms with Gasteiger partial charge in [0.05, 0.1) is 7.11 Å². The van der Waals surface area contributed by atoms with E-state index in [4.69, 9.17) is 4.74 Å². The third-order valence-corrected chi connectivity index (χ3v) is 3.43. The van der Waals surface area contributed by atoms with E-state index in [1.54, 1.807) is 11.8 Å². The molecule has 0 heterocycles. The van der Waals surface area contributed by atoms with Crippen LogP contribution in [0.3, 0.4) is 0 Å². The third-order valence-electron chi connectivity index (χ3n) is 2.69. The molecule has 4 heteroatoms. The van der Waals surface area contributed by atoms with Crippen LogP contribution in [0.4, 0.5) is 0 Å². The van der Waals surface area contributed by atoms with Crippen molar-refractivity contribution < 1.29 is 9.53 Å². The number of hydrogen-bond acceptors (Lipinski definition) is 4. The Morgan fingerprint density at radius 3 is 2.64 bits per heavy atom. The molecular weight excluding hydrogens is 198 g/mol. The molecule has 1 unspecified atom stereocenters. The van der Waals surface area contributed by atoms with E-state index in [0.717, 1.165) is 25.1 Å². The molecule has 1 aliphatic carbocycles. The Kier molecular flexibility index (Phi) is 4.26. The van der Waals surface area contributed by atoms with Crippen LogP contribution < -0.4 is 5.32 Å². The van der Waals surface area contributed by atoms with Crippen molar-refractivity contribution in [3.63, 3.8) is 0 Å². The number of esters is 1. The lowest BCUT2D eigenvalue weighted by molar-refractivity contribution is -0.148. The average molecular weight is 217 g/mol. The maximum absolute atomic E-state index is 11.8. The standard InChI is InChI=1S/C10H19NO2S/c1-4-11-10(7-14-3,8-5-6-8)9(12)13-2/h8,11H,4-7H2,1-3H3. The predicted octanol–water partition coefficient (Wildman–Crippen LogP) is 1.28. The minimum absolute atomic E-state index is 0.101. The van der Waals surface area contributed by atoms with Crippen molar-refractivity contribution in [2.24, 2.45) is 5.92 Å². The molecule has 0 spiro atoms. The summed E-state index contributed by atoms with van der Waals surface area (Å²) in [5.74, 6) is 1.18. The number of hydrogen-bond donors (Lipinski definition) is 1. The molecule has 0 bridgehead atoms. The monoisotopic (exact) mass is 217 g/mol. The zero-order chi connectivity index (χ0) is 10.6. The van der Waals surface area contributed by atoms with E-state index in [1.807, 2.05) is 13.2 Å². The third kappa shape index (κ3) is 2.23. The SMILES string of the molecule is CCNC(CSC)(C(=O)OC)C1CC1. The fourth-order valence-electron chi connectivity index (χ4n) is 1.91. The summed E-state index contributed by atoms with van der Waals surface area (Å²) in [5, 5.41) is 3.31. The van der Waals surface area contributed by atoms with Gasteiger partial charge in [-0.05, 0) is 31.6 Å². The van der Waals surface area contributed by atoms with E-state index in [-0.39, 0.29) is 5.97 Å². The lowest BCUT2D eigenvalue weighted by atomic mass is 9.95. The van der Waals surface area contributed by atoms with Gasteiger partial charge in [0.25, 0.3) is 0 Å². The molecule has 0 aromatic heterocycles. The summed E-state index contributed by atoms with van der Waals surface area (Å²) in [6.45, 7) is 2.84. The summed E-state index contributed by atoms with van der Waals surface area (Å²) in [6, 6.07) is 0. The first-order chi connectivity index (χ1) is 6.71. The van der Waals surface area contributed by atoms with Gasteiger partial charge in [0.15, 0.2) is 0 Å². The molecule has 1 fully saturated rings. The summed E-state index contributed by atoms with van der Waals surface area (Å²) in [4.78, 5) is 11.8. The number of rotatable bonds is 6. The normalized spacial score (nSPS) is 20.2. The number of ether oxygens (including phenoxy) is 1. The Bertz CT molecular complexity index is 198. The molecule has 3 nitrogen and oxygen atoms in total. The number of carbonyl (C=O) groups excluding carboxylic acids is 1. The minimum Gasteiger partial charge on any atom is -0.468 e. The Labute approximate surface area is 90.0 Å². The van der Waals surface area contributed by atoms with Gasteiger partial charge in [-0.2, -0.15) is 11.8 Å². The van der Waals surface area contributed by atoms with Crippen molar-refractivity contribution in [1.82, 2.24) is 5.32 Å². The van der Waals surface area contributed by atoms with Gasteiger partial charge in [-0.15, -0.1) is 0 Å². The van der Waals surface area contributed by atoms with Gasteiger partial charge >= 0.3 is 5.97 Å². The fourth-order valence-corrected chi connectivity index (χ4v) is 2.82. The smallest absolute Gasteiger partial charge is 0.327 e. The second-order valence-corrected chi connectivity index (χ2v) is 4.57. The predicted molar refractivity (Wildman–Crippen MR) is 59.5 cm³/mol. The van der Waals surface area contributed by atoms with Crippen molar-refractivity contribution >= 4 is 17.7 Å². The van der Waals surface area contributed by atoms with Gasteiger partial charge in [0.1, 0.15) is 5.54 Å². The van der Waals surface area contributed by atoms with Gasteiger partial charge in [-0.1, -0.05) is 6.92 Å². The summed E-state index contributed by atoms with van der Waals surface area (Å²) in [5.41, 5.74) is -0.428. The second kappa shape index (κ2) is 5.03. The summed E-state index contributed by atoms with van der Waals surface area (Å²) >= 11 is 1.70. The molecule has 0 amide bonds. The number of methoxy groups -OCH3 is 1. The van der Waals surface area contributed by atoms with E-state index < -0.39 is 5.54 Å². The first-order valence-electron chi connectivity index (χ1n) is 5.03. The Hall–Kier alpha value is -0.220. The molecule has 0 aromatic rings. The van der Waals surface area contributed by atoms with E-state index in [2.05, 4.69) is 5.32 Å². The molecule has 1 atom stereocenters. The lowest BCUT2D eigenvalue weighted by Gasteiger charge is -2.31. The molecule has 1 saturated carbocycles. The zero-order valence-electron chi connectivity index (χ0n) is 9.13. The molecule has 0 aromatic carbocycles. The van der Waals surface area contributed by atoms with Crippen LogP contribution in [-0.4, -0.2) is 37.2 Å². The Morgan fingerprint density at radius 1 is 1.64 bits per heavy atom. The highest BCUT2D eigenvalue weighted by Crippen LogP contribution is 2.41. The van der Waals surface area contributed by atoms with Crippen molar-refractivity contribution in [3.8, 4) is 0 Å². The summed E-state index contributed by atoms with van der Waals surface area (Å²) in [7, 11) is 1.47. The molecule has 0 aliphatic heterocycles. The van der Waals surface area contributed by atoms with Crippen molar-refractivity contribution in [2.75, 3.05) is 25.7 Å². The molecule has 0 saturated heterocycles. The Balaban J connectivity index is 2.76. The average Bonchev–Trinajstić information content (AvgIpc) is 2.99. The van der Waals surface area contributed by atoms with E-state index >= 15 is 0 Å². The number of nitrogens with one attached hydrogen (secondary N) is 1. The van der Waals surface area contributed by atoms with E-state index in [9.17, 15) is 4.79 Å². The first-order valence-corrected chi connectivity index (χ1v) is 6.43. The van der Waals surface area contributed by atoms with Crippen LogP contribution in [0, 0.1) is 5.92 Å². The van der Waals surface area contributed by atoms with E-state index in [1.165, 1.54) is 7.11 Å².